The van der Waals surface area contributed by atoms with Crippen LogP contribution in [0.4, 0.5) is 5.69 Å². The van der Waals surface area contributed by atoms with Crippen LogP contribution in [0.2, 0.25) is 6.82 Å². The number of carbonyl (C=O) groups is 3. The summed E-state index contributed by atoms with van der Waals surface area (Å²) in [5.74, 6) is -0.813. The summed E-state index contributed by atoms with van der Waals surface area (Å²) in [6.45, 7) is 2.26. The van der Waals surface area contributed by atoms with Crippen LogP contribution in [-0.2, 0) is 16.1 Å². The number of fused-ring (bicyclic) bond motifs is 1. The molecule has 0 bridgehead atoms. The van der Waals surface area contributed by atoms with Crippen molar-refractivity contribution < 1.29 is 14.4 Å². The molecule has 2 aliphatic heterocycles. The first kappa shape index (κ1) is 13.7. The van der Waals surface area contributed by atoms with Gasteiger partial charge in [0.05, 0.1) is 0 Å². The maximum atomic E-state index is 12.5. The minimum absolute atomic E-state index is 0.153. The number of rotatable bonds is 3. The first-order valence-electron chi connectivity index (χ1n) is 6.92. The number of carbonyl (C=O) groups excluding carboxylic acids is 3. The molecule has 21 heavy (non-hydrogen) atoms. The van der Waals surface area contributed by atoms with Gasteiger partial charge in [0.1, 0.15) is 6.04 Å². The molecule has 1 radical (unpaired) electrons. The summed E-state index contributed by atoms with van der Waals surface area (Å²) in [4.78, 5) is 37.2. The molecule has 2 heterocycles. The average Bonchev–Trinajstić information content (AvgIpc) is 2.78. The van der Waals surface area contributed by atoms with E-state index in [0.29, 0.717) is 18.5 Å². The van der Waals surface area contributed by atoms with Gasteiger partial charge < -0.3 is 10.1 Å². The molecule has 0 aromatic heterocycles. The molecular weight excluding hydrogens is 269 g/mol. The molecular formula is C14H15BN3O3. The van der Waals surface area contributed by atoms with E-state index in [1.54, 1.807) is 18.4 Å². The zero-order valence-electron chi connectivity index (χ0n) is 11.7. The van der Waals surface area contributed by atoms with Gasteiger partial charge in [0.25, 0.3) is 5.91 Å². The quantitative estimate of drug-likeness (QED) is 0.627. The van der Waals surface area contributed by atoms with Crippen LogP contribution in [0, 0.1) is 0 Å². The van der Waals surface area contributed by atoms with Gasteiger partial charge >= 0.3 is 0 Å². The normalized spacial score (nSPS) is 21.1. The zero-order chi connectivity index (χ0) is 15.0. The largest absolute Gasteiger partial charge is 0.432 e. The molecule has 0 spiro atoms. The summed E-state index contributed by atoms with van der Waals surface area (Å²) in [6, 6.07) is 4.92. The summed E-state index contributed by atoms with van der Waals surface area (Å²) >= 11 is 0. The van der Waals surface area contributed by atoms with Crippen molar-refractivity contribution in [3.63, 3.8) is 0 Å². The minimum Gasteiger partial charge on any atom is -0.432 e. The molecule has 1 atom stereocenters. The second-order valence-electron chi connectivity index (χ2n) is 5.16. The molecule has 1 aromatic carbocycles. The Morgan fingerprint density at radius 3 is 2.86 bits per heavy atom. The maximum absolute atomic E-state index is 12.5. The summed E-state index contributed by atoms with van der Waals surface area (Å²) < 4.78 is 0. The molecule has 1 unspecified atom stereocenters. The fraction of sp³-hybridized carbons (Fsp3) is 0.357. The molecule has 0 saturated carbocycles. The Morgan fingerprint density at radius 1 is 1.33 bits per heavy atom. The van der Waals surface area contributed by atoms with E-state index in [-0.39, 0.29) is 24.1 Å². The number of hydrogen-bond acceptors (Lipinski definition) is 4. The number of benzene rings is 1. The molecule has 1 saturated heterocycles. The van der Waals surface area contributed by atoms with Gasteiger partial charge in [-0.15, -0.1) is 0 Å². The van der Waals surface area contributed by atoms with E-state index in [2.05, 4.69) is 10.5 Å². The van der Waals surface area contributed by atoms with Crippen LogP contribution in [0.3, 0.4) is 0 Å². The molecule has 2 aliphatic rings. The number of piperidine rings is 1. The predicted molar refractivity (Wildman–Crippen MR) is 77.7 cm³/mol. The molecule has 1 fully saturated rings. The van der Waals surface area contributed by atoms with E-state index in [1.165, 1.54) is 0 Å². The van der Waals surface area contributed by atoms with Crippen molar-refractivity contribution in [3.05, 3.63) is 29.3 Å². The Hall–Kier alpha value is -2.31. The molecule has 1 aromatic rings. The molecule has 2 N–H and O–H groups in total. The first-order valence-corrected chi connectivity index (χ1v) is 6.92. The van der Waals surface area contributed by atoms with E-state index in [4.69, 9.17) is 0 Å². The third-order valence-electron chi connectivity index (χ3n) is 3.88. The summed E-state index contributed by atoms with van der Waals surface area (Å²) in [5, 5.41) is 5.41. The average molecular weight is 284 g/mol. The Bertz CT molecular complexity index is 632. The van der Waals surface area contributed by atoms with E-state index >= 15 is 0 Å². The van der Waals surface area contributed by atoms with Crippen molar-refractivity contribution in [2.75, 3.05) is 5.23 Å². The number of nitrogens with zero attached hydrogens (tertiary/aromatic N) is 1. The third-order valence-corrected chi connectivity index (χ3v) is 3.88. The highest BCUT2D eigenvalue weighted by molar-refractivity contribution is 6.38. The van der Waals surface area contributed by atoms with Crippen molar-refractivity contribution in [1.29, 1.82) is 0 Å². The lowest BCUT2D eigenvalue weighted by Crippen LogP contribution is -2.52. The van der Waals surface area contributed by atoms with Gasteiger partial charge in [-0.1, -0.05) is 12.9 Å². The van der Waals surface area contributed by atoms with Crippen LogP contribution in [0.1, 0.15) is 28.8 Å². The lowest BCUT2D eigenvalue weighted by molar-refractivity contribution is -0.136. The molecule has 6 nitrogen and oxygen atoms in total. The monoisotopic (exact) mass is 284 g/mol. The molecule has 107 valence electrons. The van der Waals surface area contributed by atoms with Crippen LogP contribution < -0.4 is 10.5 Å². The Balaban J connectivity index is 1.88. The molecule has 3 amide bonds. The molecule has 0 aliphatic carbocycles. The summed E-state index contributed by atoms with van der Waals surface area (Å²) in [6.07, 6.45) is 0.650. The van der Waals surface area contributed by atoms with Gasteiger partial charge in [0.2, 0.25) is 19.2 Å². The van der Waals surface area contributed by atoms with Gasteiger partial charge in [-0.25, -0.2) is 0 Å². The topological polar surface area (TPSA) is 78.5 Å². The minimum atomic E-state index is -0.568. The SMILES string of the molecule is C[B]Nc1cccc2c1CN(C1CCC(=O)NC1=O)C2=O. The van der Waals surface area contributed by atoms with Crippen LogP contribution in [0.15, 0.2) is 18.2 Å². The van der Waals surface area contributed by atoms with Crippen molar-refractivity contribution in [3.8, 4) is 0 Å². The predicted octanol–water partition coefficient (Wildman–Crippen LogP) is 0.527. The number of nitrogens with one attached hydrogen (secondary N) is 2. The van der Waals surface area contributed by atoms with Crippen LogP contribution in [0.5, 0.6) is 0 Å². The second kappa shape index (κ2) is 5.23. The van der Waals surface area contributed by atoms with Crippen molar-refractivity contribution in [2.45, 2.75) is 32.3 Å². The van der Waals surface area contributed by atoms with Crippen molar-refractivity contribution in [2.24, 2.45) is 0 Å². The number of amides is 3. The zero-order valence-corrected chi connectivity index (χ0v) is 11.7. The smallest absolute Gasteiger partial charge is 0.255 e. The van der Waals surface area contributed by atoms with Gasteiger partial charge in [-0.05, 0) is 18.6 Å². The van der Waals surface area contributed by atoms with E-state index in [1.807, 2.05) is 19.0 Å². The fourth-order valence-electron chi connectivity index (χ4n) is 2.88. The highest BCUT2D eigenvalue weighted by Gasteiger charge is 2.39. The van der Waals surface area contributed by atoms with Crippen molar-refractivity contribution >= 4 is 30.8 Å². The number of imide groups is 1. The summed E-state index contributed by atoms with van der Waals surface area (Å²) in [7, 11) is 1.80. The second-order valence-corrected chi connectivity index (χ2v) is 5.16. The fourth-order valence-corrected chi connectivity index (χ4v) is 2.88. The standard InChI is InChI=1S/C14H15BN3O3/c1-15-17-10-4-2-3-8-9(10)7-18(14(8)21)11-5-6-12(19)16-13(11)20/h2-4,11,17H,5-7H2,1H3,(H,16,19,20). The van der Waals surface area contributed by atoms with Crippen LogP contribution >= 0.6 is 0 Å². The van der Waals surface area contributed by atoms with Crippen LogP contribution in [0.25, 0.3) is 0 Å². The lowest BCUT2D eigenvalue weighted by atomic mass is 9.97. The number of anilines is 1. The summed E-state index contributed by atoms with van der Waals surface area (Å²) in [5.41, 5.74) is 2.38. The van der Waals surface area contributed by atoms with Gasteiger partial charge in [0.15, 0.2) is 0 Å². The van der Waals surface area contributed by atoms with Crippen molar-refractivity contribution in [1.82, 2.24) is 10.2 Å². The van der Waals surface area contributed by atoms with Gasteiger partial charge in [-0.2, -0.15) is 0 Å². The Kier molecular flexibility index (Phi) is 3.41. The van der Waals surface area contributed by atoms with Crippen LogP contribution in [-0.4, -0.2) is 36.1 Å². The van der Waals surface area contributed by atoms with E-state index < -0.39 is 6.04 Å². The first-order chi connectivity index (χ1) is 10.1. The third kappa shape index (κ3) is 2.28. The van der Waals surface area contributed by atoms with E-state index in [0.717, 1.165) is 11.3 Å². The Morgan fingerprint density at radius 2 is 2.14 bits per heavy atom. The lowest BCUT2D eigenvalue weighted by Gasteiger charge is -2.29. The number of hydrogen-bond donors (Lipinski definition) is 2. The van der Waals surface area contributed by atoms with Gasteiger partial charge in [-0.3, -0.25) is 19.7 Å². The molecule has 3 rings (SSSR count). The maximum Gasteiger partial charge on any atom is 0.255 e. The highest BCUT2D eigenvalue weighted by atomic mass is 16.2. The van der Waals surface area contributed by atoms with Gasteiger partial charge in [0, 0.05) is 29.8 Å². The molecule has 7 heteroatoms. The highest BCUT2D eigenvalue weighted by Crippen LogP contribution is 2.31. The Labute approximate surface area is 123 Å². The van der Waals surface area contributed by atoms with E-state index in [9.17, 15) is 14.4 Å².